The first kappa shape index (κ1) is 13.9. The summed E-state index contributed by atoms with van der Waals surface area (Å²) in [6, 6.07) is 0. The van der Waals surface area contributed by atoms with Gasteiger partial charge in [0, 0.05) is 17.6 Å². The molecular formula is C13H14N2O6. The van der Waals surface area contributed by atoms with Crippen molar-refractivity contribution in [3.63, 3.8) is 0 Å². The van der Waals surface area contributed by atoms with E-state index >= 15 is 0 Å². The molecule has 2 heterocycles. The van der Waals surface area contributed by atoms with Gasteiger partial charge in [0.25, 0.3) is 5.91 Å². The van der Waals surface area contributed by atoms with Crippen molar-refractivity contribution < 1.29 is 29.6 Å². The fourth-order valence-electron chi connectivity index (χ4n) is 3.30. The van der Waals surface area contributed by atoms with Crippen LogP contribution in [0.2, 0.25) is 0 Å². The lowest BCUT2D eigenvalue weighted by atomic mass is 9.65. The first-order valence-electron chi connectivity index (χ1n) is 6.38. The molecule has 0 aromatic rings. The van der Waals surface area contributed by atoms with Gasteiger partial charge < -0.3 is 25.8 Å². The van der Waals surface area contributed by atoms with Crippen LogP contribution in [0.15, 0.2) is 22.5 Å². The summed E-state index contributed by atoms with van der Waals surface area (Å²) >= 11 is 0. The van der Waals surface area contributed by atoms with Crippen molar-refractivity contribution in [2.45, 2.75) is 37.3 Å². The number of ether oxygens (including phenoxy) is 1. The van der Waals surface area contributed by atoms with Crippen LogP contribution in [-0.2, 0) is 14.3 Å². The third-order valence-electron chi connectivity index (χ3n) is 4.37. The number of carbonyl (C=O) groups is 2. The molecule has 1 unspecified atom stereocenters. The van der Waals surface area contributed by atoms with E-state index in [0.717, 1.165) is 0 Å². The molecule has 2 aliphatic carbocycles. The number of nitrogens with one attached hydrogen (secondary N) is 1. The first-order chi connectivity index (χ1) is 9.71. The lowest BCUT2D eigenvalue weighted by Crippen LogP contribution is -2.66. The number of carbonyl (C=O) groups excluding carboxylic acids is 2. The van der Waals surface area contributed by atoms with Gasteiger partial charge >= 0.3 is 0 Å². The Morgan fingerprint density at radius 3 is 2.67 bits per heavy atom. The molecule has 4 rings (SSSR count). The summed E-state index contributed by atoms with van der Waals surface area (Å²) in [6.45, 7) is 1.49. The zero-order valence-electron chi connectivity index (χ0n) is 11.1. The quantitative estimate of drug-likeness (QED) is 0.369. The number of primary amides is 1. The highest BCUT2D eigenvalue weighted by Crippen LogP contribution is 2.49. The Hall–Kier alpha value is -2.03. The normalized spacial score (nSPS) is 38.9. The molecule has 0 aromatic heterocycles. The maximum Gasteiger partial charge on any atom is 0.254 e. The molecule has 8 heteroatoms. The molecule has 0 radical (unpaired) electrons. The molecule has 4 atom stereocenters. The van der Waals surface area contributed by atoms with Gasteiger partial charge in [0.1, 0.15) is 22.6 Å². The standard InChI is InChI=1S/C13H14N2O6/c1-3-13(20)5(16)2-4(21-3)6-8(13)11(18)9(14)7(10(6)17)12(15)19/h3-5,14,16-17,20H,2H2,1H3,(H2,15,19)/t3-,4-,5?,13-/m1/s1. The van der Waals surface area contributed by atoms with Crippen LogP contribution in [0.5, 0.6) is 0 Å². The second-order valence-electron chi connectivity index (χ2n) is 5.42. The second kappa shape index (κ2) is 4.00. The Labute approximate surface area is 119 Å². The van der Waals surface area contributed by atoms with Gasteiger partial charge in [0.05, 0.1) is 18.3 Å². The number of amides is 1. The van der Waals surface area contributed by atoms with Gasteiger partial charge in [-0.05, 0) is 6.92 Å². The smallest absolute Gasteiger partial charge is 0.254 e. The van der Waals surface area contributed by atoms with Crippen LogP contribution in [0.25, 0.3) is 0 Å². The molecule has 0 saturated carbocycles. The molecule has 4 aliphatic rings. The first-order valence-corrected chi connectivity index (χ1v) is 6.38. The lowest BCUT2D eigenvalue weighted by Gasteiger charge is -2.52. The molecular weight excluding hydrogens is 280 g/mol. The van der Waals surface area contributed by atoms with Crippen molar-refractivity contribution in [2.75, 3.05) is 0 Å². The number of nitrogens with two attached hydrogens (primary N) is 1. The summed E-state index contributed by atoms with van der Waals surface area (Å²) < 4.78 is 5.47. The number of ketones is 1. The molecule has 1 fully saturated rings. The molecule has 1 amide bonds. The average molecular weight is 294 g/mol. The van der Waals surface area contributed by atoms with Crippen LogP contribution in [-0.4, -0.2) is 56.6 Å². The second-order valence-corrected chi connectivity index (χ2v) is 5.42. The van der Waals surface area contributed by atoms with E-state index in [9.17, 15) is 24.9 Å². The number of Topliss-reactive ketones (excluding diaryl/α,β-unsaturated/α-hetero) is 1. The summed E-state index contributed by atoms with van der Waals surface area (Å²) in [7, 11) is 0. The maximum atomic E-state index is 12.3. The molecule has 2 bridgehead atoms. The summed E-state index contributed by atoms with van der Waals surface area (Å²) in [6.07, 6.45) is -3.02. The number of rotatable bonds is 1. The third-order valence-corrected chi connectivity index (χ3v) is 4.37. The van der Waals surface area contributed by atoms with Gasteiger partial charge in [0.15, 0.2) is 0 Å². The van der Waals surface area contributed by atoms with Gasteiger partial charge in [-0.2, -0.15) is 0 Å². The highest BCUT2D eigenvalue weighted by molar-refractivity contribution is 6.56. The van der Waals surface area contributed by atoms with Crippen molar-refractivity contribution in [2.24, 2.45) is 5.73 Å². The Balaban J connectivity index is 2.33. The maximum absolute atomic E-state index is 12.3. The summed E-state index contributed by atoms with van der Waals surface area (Å²) in [5.41, 5.74) is 1.34. The van der Waals surface area contributed by atoms with Crippen LogP contribution in [0.1, 0.15) is 13.3 Å². The largest absolute Gasteiger partial charge is 0.507 e. The minimum atomic E-state index is -2.02. The number of aliphatic hydroxyl groups excluding tert-OH is 2. The Morgan fingerprint density at radius 1 is 1.52 bits per heavy atom. The number of hydrogen-bond acceptors (Lipinski definition) is 7. The lowest BCUT2D eigenvalue weighted by molar-refractivity contribution is -0.211. The monoisotopic (exact) mass is 294 g/mol. The molecule has 1 saturated heterocycles. The van der Waals surface area contributed by atoms with E-state index in [0.29, 0.717) is 0 Å². The summed E-state index contributed by atoms with van der Waals surface area (Å²) in [5, 5.41) is 38.6. The van der Waals surface area contributed by atoms with Crippen LogP contribution in [0.4, 0.5) is 0 Å². The van der Waals surface area contributed by atoms with E-state index in [-0.39, 0.29) is 17.6 Å². The SMILES string of the molecule is C[C@H]1O[C@@H]2CC(O)[C@@]1(O)C1=C2C(O)=C(C(N)=O)C(=N)C1=O. The van der Waals surface area contributed by atoms with E-state index < -0.39 is 52.6 Å². The number of hydrogen-bond donors (Lipinski definition) is 5. The van der Waals surface area contributed by atoms with Crippen molar-refractivity contribution in [1.29, 1.82) is 5.41 Å². The molecule has 2 aliphatic heterocycles. The van der Waals surface area contributed by atoms with Crippen molar-refractivity contribution in [3.8, 4) is 0 Å². The third kappa shape index (κ3) is 1.46. The van der Waals surface area contributed by atoms with Crippen LogP contribution < -0.4 is 5.73 Å². The molecule has 0 aromatic carbocycles. The molecule has 112 valence electrons. The summed E-state index contributed by atoms with van der Waals surface area (Å²) in [5.74, 6) is -2.68. The molecule has 0 spiro atoms. The van der Waals surface area contributed by atoms with Crippen molar-refractivity contribution in [3.05, 3.63) is 22.5 Å². The fourth-order valence-corrected chi connectivity index (χ4v) is 3.30. The topological polar surface area (TPSA) is 154 Å². The van der Waals surface area contributed by atoms with Crippen molar-refractivity contribution >= 4 is 17.4 Å². The molecule has 6 N–H and O–H groups in total. The van der Waals surface area contributed by atoms with E-state index in [2.05, 4.69) is 0 Å². The van der Waals surface area contributed by atoms with Crippen LogP contribution in [0, 0.1) is 5.41 Å². The van der Waals surface area contributed by atoms with E-state index in [4.69, 9.17) is 15.9 Å². The zero-order valence-corrected chi connectivity index (χ0v) is 11.1. The zero-order chi connectivity index (χ0) is 15.7. The predicted molar refractivity (Wildman–Crippen MR) is 68.5 cm³/mol. The Bertz CT molecular complexity index is 650. The fraction of sp³-hybridized carbons (Fsp3) is 0.462. The Morgan fingerprint density at radius 2 is 2.14 bits per heavy atom. The number of fused-ring (bicyclic) bond motifs is 2. The molecule has 8 nitrogen and oxygen atoms in total. The Kier molecular flexibility index (Phi) is 2.65. The minimum Gasteiger partial charge on any atom is -0.507 e. The van der Waals surface area contributed by atoms with Gasteiger partial charge in [-0.25, -0.2) is 0 Å². The van der Waals surface area contributed by atoms with Gasteiger partial charge in [-0.3, -0.25) is 15.0 Å². The van der Waals surface area contributed by atoms with E-state index in [1.165, 1.54) is 6.92 Å². The number of aliphatic hydroxyl groups is 3. The predicted octanol–water partition coefficient (Wildman–Crippen LogP) is -1.53. The van der Waals surface area contributed by atoms with Gasteiger partial charge in [0.2, 0.25) is 5.78 Å². The van der Waals surface area contributed by atoms with E-state index in [1.54, 1.807) is 0 Å². The highest BCUT2D eigenvalue weighted by Gasteiger charge is 2.61. The highest BCUT2D eigenvalue weighted by atomic mass is 16.5. The van der Waals surface area contributed by atoms with E-state index in [1.807, 2.05) is 0 Å². The minimum absolute atomic E-state index is 0.0314. The van der Waals surface area contributed by atoms with Gasteiger partial charge in [-0.1, -0.05) is 0 Å². The van der Waals surface area contributed by atoms with Crippen molar-refractivity contribution in [1.82, 2.24) is 0 Å². The summed E-state index contributed by atoms with van der Waals surface area (Å²) in [4.78, 5) is 23.7. The van der Waals surface area contributed by atoms with Gasteiger partial charge in [-0.15, -0.1) is 0 Å². The van der Waals surface area contributed by atoms with Crippen LogP contribution >= 0.6 is 0 Å². The molecule has 21 heavy (non-hydrogen) atoms. The van der Waals surface area contributed by atoms with Crippen LogP contribution in [0.3, 0.4) is 0 Å². The average Bonchev–Trinajstić information content (AvgIpc) is 2.38.